The molecule has 0 bridgehead atoms. The Labute approximate surface area is 149 Å². The van der Waals surface area contributed by atoms with Gasteiger partial charge in [0.25, 0.3) is 0 Å². The van der Waals surface area contributed by atoms with Crippen LogP contribution in [0.25, 0.3) is 11.0 Å². The van der Waals surface area contributed by atoms with Crippen molar-refractivity contribution in [3.05, 3.63) is 53.8 Å². The minimum Gasteiger partial charge on any atom is -0.494 e. The number of furan rings is 1. The van der Waals surface area contributed by atoms with Gasteiger partial charge in [-0.2, -0.15) is 5.10 Å². The number of fused-ring (bicyclic) bond motifs is 2. The zero-order chi connectivity index (χ0) is 17.9. The van der Waals surface area contributed by atoms with Crippen molar-refractivity contribution in [3.8, 4) is 17.2 Å². The summed E-state index contributed by atoms with van der Waals surface area (Å²) < 4.78 is 21.5. The number of carbonyl (C=O) groups is 1. The van der Waals surface area contributed by atoms with Gasteiger partial charge >= 0.3 is 5.91 Å². The van der Waals surface area contributed by atoms with Crippen molar-refractivity contribution in [3.63, 3.8) is 0 Å². The molecule has 0 atom stereocenters. The number of carbonyl (C=O) groups excluding carboxylic acids is 1. The molecule has 0 radical (unpaired) electrons. The van der Waals surface area contributed by atoms with Crippen LogP contribution >= 0.6 is 0 Å². The van der Waals surface area contributed by atoms with Crippen LogP contribution in [0.2, 0.25) is 0 Å². The van der Waals surface area contributed by atoms with Gasteiger partial charge < -0.3 is 18.6 Å². The molecule has 0 aliphatic carbocycles. The fourth-order valence-corrected chi connectivity index (χ4v) is 2.60. The topological polar surface area (TPSA) is 82.3 Å². The molecule has 132 valence electrons. The quantitative estimate of drug-likeness (QED) is 0.563. The lowest BCUT2D eigenvalue weighted by molar-refractivity contribution is 0.0929. The highest BCUT2D eigenvalue weighted by Crippen LogP contribution is 2.32. The van der Waals surface area contributed by atoms with Crippen LogP contribution in [0.3, 0.4) is 0 Å². The Bertz CT molecular complexity index is 993. The van der Waals surface area contributed by atoms with Gasteiger partial charge in [0.15, 0.2) is 17.3 Å². The summed E-state index contributed by atoms with van der Waals surface area (Å²) in [6.07, 6.45) is 1.52. The Morgan fingerprint density at radius 2 is 2.08 bits per heavy atom. The highest BCUT2D eigenvalue weighted by atomic mass is 16.7. The fraction of sp³-hybridized carbons (Fsp3) is 0.158. The van der Waals surface area contributed by atoms with Crippen molar-refractivity contribution in [2.24, 2.45) is 5.10 Å². The molecular formula is C19H16N2O5. The maximum atomic E-state index is 12.2. The van der Waals surface area contributed by atoms with Crippen molar-refractivity contribution < 1.29 is 23.4 Å². The maximum Gasteiger partial charge on any atom is 0.307 e. The molecule has 0 fully saturated rings. The fourth-order valence-electron chi connectivity index (χ4n) is 2.60. The summed E-state index contributed by atoms with van der Waals surface area (Å²) in [4.78, 5) is 12.2. The third kappa shape index (κ3) is 3.19. The number of nitrogens with zero attached hydrogens (tertiary/aromatic N) is 1. The number of benzene rings is 2. The van der Waals surface area contributed by atoms with Gasteiger partial charge in [0, 0.05) is 5.39 Å². The molecule has 0 unspecified atom stereocenters. The van der Waals surface area contributed by atoms with Crippen LogP contribution in [-0.2, 0) is 0 Å². The molecule has 7 heteroatoms. The number of hydrazone groups is 1. The van der Waals surface area contributed by atoms with Gasteiger partial charge in [-0.05, 0) is 55.0 Å². The first kappa shape index (κ1) is 16.0. The molecule has 26 heavy (non-hydrogen) atoms. The molecule has 0 saturated carbocycles. The predicted octanol–water partition coefficient (Wildman–Crippen LogP) is 3.32. The van der Waals surface area contributed by atoms with Gasteiger partial charge in [-0.25, -0.2) is 5.43 Å². The number of ether oxygens (including phenoxy) is 3. The summed E-state index contributed by atoms with van der Waals surface area (Å²) in [7, 11) is 0. The van der Waals surface area contributed by atoms with Crippen molar-refractivity contribution in [2.75, 3.05) is 13.4 Å². The van der Waals surface area contributed by atoms with Gasteiger partial charge in [0.1, 0.15) is 11.3 Å². The van der Waals surface area contributed by atoms with Crippen LogP contribution in [0.1, 0.15) is 23.0 Å². The second kappa shape index (κ2) is 6.79. The van der Waals surface area contributed by atoms with Gasteiger partial charge in [-0.15, -0.1) is 0 Å². The van der Waals surface area contributed by atoms with E-state index in [0.717, 1.165) is 16.7 Å². The van der Waals surface area contributed by atoms with Crippen molar-refractivity contribution in [1.29, 1.82) is 0 Å². The average molecular weight is 352 g/mol. The first-order valence-corrected chi connectivity index (χ1v) is 8.12. The molecule has 0 spiro atoms. The molecule has 1 aliphatic rings. The number of rotatable bonds is 5. The number of hydrogen-bond donors (Lipinski definition) is 1. The standard InChI is InChI=1S/C19H16N2O5/c1-2-23-14-4-6-15-13(8-14)9-18(26-15)19(22)21-20-10-12-3-5-16-17(7-12)25-11-24-16/h3-10H,2,11H2,1H3,(H,21,22)/b20-10+. The smallest absolute Gasteiger partial charge is 0.307 e. The van der Waals surface area contributed by atoms with E-state index in [-0.39, 0.29) is 12.6 Å². The molecule has 0 saturated heterocycles. The first-order chi connectivity index (χ1) is 12.7. The predicted molar refractivity (Wildman–Crippen MR) is 95.0 cm³/mol. The lowest BCUT2D eigenvalue weighted by atomic mass is 10.2. The Kier molecular flexibility index (Phi) is 4.18. The third-order valence-electron chi connectivity index (χ3n) is 3.80. The number of hydrogen-bond acceptors (Lipinski definition) is 6. The first-order valence-electron chi connectivity index (χ1n) is 8.12. The minimum atomic E-state index is -0.434. The van der Waals surface area contributed by atoms with E-state index < -0.39 is 5.91 Å². The van der Waals surface area contributed by atoms with Gasteiger partial charge in [0.2, 0.25) is 6.79 Å². The third-order valence-corrected chi connectivity index (χ3v) is 3.80. The Hall–Kier alpha value is -3.48. The Morgan fingerprint density at radius 3 is 2.96 bits per heavy atom. The summed E-state index contributed by atoms with van der Waals surface area (Å²) in [5.41, 5.74) is 3.84. The summed E-state index contributed by atoms with van der Waals surface area (Å²) in [6, 6.07) is 12.5. The monoisotopic (exact) mass is 352 g/mol. The summed E-state index contributed by atoms with van der Waals surface area (Å²) in [5.74, 6) is 1.82. The summed E-state index contributed by atoms with van der Waals surface area (Å²) >= 11 is 0. The van der Waals surface area contributed by atoms with Crippen molar-refractivity contribution in [2.45, 2.75) is 6.92 Å². The lowest BCUT2D eigenvalue weighted by Gasteiger charge is -2.00. The Balaban J connectivity index is 1.45. The maximum absolute atomic E-state index is 12.2. The summed E-state index contributed by atoms with van der Waals surface area (Å²) in [5, 5.41) is 4.75. The largest absolute Gasteiger partial charge is 0.494 e. The van der Waals surface area contributed by atoms with Gasteiger partial charge in [0.05, 0.1) is 12.8 Å². The van der Waals surface area contributed by atoms with Crippen LogP contribution in [-0.4, -0.2) is 25.5 Å². The van der Waals surface area contributed by atoms with Crippen LogP contribution in [0.15, 0.2) is 52.0 Å². The molecule has 1 N–H and O–H groups in total. The number of amides is 1. The second-order valence-electron chi connectivity index (χ2n) is 5.56. The molecule has 1 aromatic heterocycles. The average Bonchev–Trinajstić information content (AvgIpc) is 3.27. The molecule has 3 aromatic rings. The minimum absolute atomic E-state index is 0.177. The highest BCUT2D eigenvalue weighted by Gasteiger charge is 2.14. The molecule has 7 nitrogen and oxygen atoms in total. The molecular weight excluding hydrogens is 336 g/mol. The van der Waals surface area contributed by atoms with Crippen molar-refractivity contribution >= 4 is 23.1 Å². The zero-order valence-electron chi connectivity index (χ0n) is 14.0. The molecule has 1 aliphatic heterocycles. The van der Waals surface area contributed by atoms with E-state index in [1.165, 1.54) is 6.21 Å². The van der Waals surface area contributed by atoms with E-state index in [4.69, 9.17) is 18.6 Å². The Morgan fingerprint density at radius 1 is 1.19 bits per heavy atom. The van der Waals surface area contributed by atoms with Crippen LogP contribution in [0.5, 0.6) is 17.2 Å². The van der Waals surface area contributed by atoms with Crippen LogP contribution < -0.4 is 19.6 Å². The van der Waals surface area contributed by atoms with E-state index in [1.54, 1.807) is 30.3 Å². The molecule has 4 rings (SSSR count). The van der Waals surface area contributed by atoms with E-state index in [0.29, 0.717) is 23.7 Å². The summed E-state index contributed by atoms with van der Waals surface area (Å²) in [6.45, 7) is 2.70. The molecule has 1 amide bonds. The SMILES string of the molecule is CCOc1ccc2oc(C(=O)N/N=C/c3ccc4c(c3)OCO4)cc2c1. The zero-order valence-corrected chi connectivity index (χ0v) is 14.0. The van der Waals surface area contributed by atoms with E-state index >= 15 is 0 Å². The second-order valence-corrected chi connectivity index (χ2v) is 5.56. The van der Waals surface area contributed by atoms with Crippen LogP contribution in [0, 0.1) is 0 Å². The van der Waals surface area contributed by atoms with E-state index in [2.05, 4.69) is 10.5 Å². The van der Waals surface area contributed by atoms with Crippen LogP contribution in [0.4, 0.5) is 0 Å². The highest BCUT2D eigenvalue weighted by molar-refractivity contribution is 5.96. The van der Waals surface area contributed by atoms with Gasteiger partial charge in [-0.1, -0.05) is 0 Å². The van der Waals surface area contributed by atoms with Crippen molar-refractivity contribution in [1.82, 2.24) is 5.43 Å². The van der Waals surface area contributed by atoms with E-state index in [9.17, 15) is 4.79 Å². The number of nitrogens with one attached hydrogen (secondary N) is 1. The molecule has 2 aromatic carbocycles. The molecule has 2 heterocycles. The lowest BCUT2D eigenvalue weighted by Crippen LogP contribution is -2.16. The van der Waals surface area contributed by atoms with E-state index in [1.807, 2.05) is 19.1 Å². The van der Waals surface area contributed by atoms with Gasteiger partial charge in [-0.3, -0.25) is 4.79 Å². The normalized spacial score (nSPS) is 12.7.